The summed E-state index contributed by atoms with van der Waals surface area (Å²) in [5, 5.41) is 3.42. The molecule has 1 N–H and O–H groups in total. The molecule has 106 valence electrons. The van der Waals surface area contributed by atoms with Gasteiger partial charge in [-0.3, -0.25) is 4.79 Å². The fourth-order valence-electron chi connectivity index (χ4n) is 2.52. The monoisotopic (exact) mass is 281 g/mol. The Balaban J connectivity index is 2.07. The van der Waals surface area contributed by atoms with Gasteiger partial charge in [0.15, 0.2) is 0 Å². The lowest BCUT2D eigenvalue weighted by molar-refractivity contribution is 0.0665. The Hall–Kier alpha value is -0.940. The molecule has 1 aliphatic rings. The van der Waals surface area contributed by atoms with Crippen LogP contribution in [0.3, 0.4) is 0 Å². The minimum atomic E-state index is 0.139. The number of aromatic nitrogens is 1. The van der Waals surface area contributed by atoms with Crippen molar-refractivity contribution in [1.29, 1.82) is 0 Å². The Morgan fingerprint density at radius 1 is 1.63 bits per heavy atom. The molecule has 1 aliphatic heterocycles. The first-order chi connectivity index (χ1) is 9.09. The first-order valence-corrected chi connectivity index (χ1v) is 7.89. The number of rotatable bonds is 4. The maximum Gasteiger partial charge on any atom is 0.266 e. The molecule has 0 aliphatic carbocycles. The van der Waals surface area contributed by atoms with E-state index >= 15 is 0 Å². The van der Waals surface area contributed by atoms with Gasteiger partial charge in [-0.15, -0.1) is 11.3 Å². The van der Waals surface area contributed by atoms with Gasteiger partial charge in [-0.25, -0.2) is 4.98 Å². The van der Waals surface area contributed by atoms with Crippen LogP contribution in [0.2, 0.25) is 0 Å². The van der Waals surface area contributed by atoms with Crippen LogP contribution in [-0.4, -0.2) is 41.5 Å². The fourth-order valence-corrected chi connectivity index (χ4v) is 3.28. The number of hydrogen-bond acceptors (Lipinski definition) is 4. The standard InChI is InChI=1S/C14H23N3OS/c1-10(2)17(8-12-5-4-6-15-7-12)14(18)13-11(3)16-9-19-13/h9-10,12,15H,4-8H2,1-3H3. The molecule has 2 rings (SSSR count). The van der Waals surface area contributed by atoms with Crippen LogP contribution in [0.5, 0.6) is 0 Å². The van der Waals surface area contributed by atoms with Crippen LogP contribution < -0.4 is 5.32 Å². The van der Waals surface area contributed by atoms with E-state index in [1.807, 2.05) is 11.8 Å². The number of amides is 1. The van der Waals surface area contributed by atoms with E-state index in [-0.39, 0.29) is 11.9 Å². The molecule has 1 aromatic heterocycles. The summed E-state index contributed by atoms with van der Waals surface area (Å²) in [7, 11) is 0. The molecule has 1 fully saturated rings. The molecule has 0 aromatic carbocycles. The molecular weight excluding hydrogens is 258 g/mol. The van der Waals surface area contributed by atoms with E-state index in [1.54, 1.807) is 5.51 Å². The molecule has 1 aromatic rings. The van der Waals surface area contributed by atoms with Gasteiger partial charge in [0.05, 0.1) is 11.2 Å². The van der Waals surface area contributed by atoms with Crippen LogP contribution in [0.1, 0.15) is 42.1 Å². The van der Waals surface area contributed by atoms with Gasteiger partial charge in [-0.2, -0.15) is 0 Å². The van der Waals surface area contributed by atoms with E-state index in [0.717, 1.165) is 30.2 Å². The zero-order valence-corrected chi connectivity index (χ0v) is 12.8. The van der Waals surface area contributed by atoms with Crippen molar-refractivity contribution in [2.45, 2.75) is 39.7 Å². The van der Waals surface area contributed by atoms with E-state index in [2.05, 4.69) is 24.1 Å². The summed E-state index contributed by atoms with van der Waals surface area (Å²) in [5.74, 6) is 0.717. The van der Waals surface area contributed by atoms with E-state index in [0.29, 0.717) is 5.92 Å². The minimum absolute atomic E-state index is 0.139. The molecule has 4 nitrogen and oxygen atoms in total. The molecule has 1 atom stereocenters. The molecule has 0 saturated carbocycles. The second-order valence-corrected chi connectivity index (χ2v) is 6.39. The maximum atomic E-state index is 12.6. The second-order valence-electron chi connectivity index (χ2n) is 5.53. The zero-order valence-electron chi connectivity index (χ0n) is 12.0. The molecule has 0 bridgehead atoms. The molecule has 19 heavy (non-hydrogen) atoms. The van der Waals surface area contributed by atoms with Crippen LogP contribution in [-0.2, 0) is 0 Å². The highest BCUT2D eigenvalue weighted by Gasteiger charge is 2.25. The largest absolute Gasteiger partial charge is 0.335 e. The molecular formula is C14H23N3OS. The highest BCUT2D eigenvalue weighted by atomic mass is 32.1. The normalized spacial score (nSPS) is 19.7. The predicted octanol–water partition coefficient (Wildman–Crippen LogP) is 2.30. The lowest BCUT2D eigenvalue weighted by atomic mass is 9.98. The van der Waals surface area contributed by atoms with E-state index < -0.39 is 0 Å². The minimum Gasteiger partial charge on any atom is -0.335 e. The topological polar surface area (TPSA) is 45.2 Å². The number of aryl methyl sites for hydroxylation is 1. The number of nitrogens with one attached hydrogen (secondary N) is 1. The summed E-state index contributed by atoms with van der Waals surface area (Å²) >= 11 is 1.45. The summed E-state index contributed by atoms with van der Waals surface area (Å²) in [6.45, 7) is 9.07. The Bertz CT molecular complexity index is 424. The van der Waals surface area contributed by atoms with Gasteiger partial charge in [-0.05, 0) is 52.6 Å². The number of hydrogen-bond donors (Lipinski definition) is 1. The zero-order chi connectivity index (χ0) is 13.8. The number of nitrogens with zero attached hydrogens (tertiary/aromatic N) is 2. The van der Waals surface area contributed by atoms with Gasteiger partial charge in [0.1, 0.15) is 4.88 Å². The van der Waals surface area contributed by atoms with Crippen molar-refractivity contribution in [3.05, 3.63) is 16.1 Å². The van der Waals surface area contributed by atoms with Gasteiger partial charge < -0.3 is 10.2 Å². The van der Waals surface area contributed by atoms with Crippen molar-refractivity contribution in [3.63, 3.8) is 0 Å². The van der Waals surface area contributed by atoms with Gasteiger partial charge in [0.2, 0.25) is 0 Å². The molecule has 5 heteroatoms. The van der Waals surface area contributed by atoms with Gasteiger partial charge >= 0.3 is 0 Å². The lowest BCUT2D eigenvalue weighted by Gasteiger charge is -2.32. The number of thiazole rings is 1. The van der Waals surface area contributed by atoms with Crippen molar-refractivity contribution in [2.24, 2.45) is 5.92 Å². The third-order valence-corrected chi connectivity index (χ3v) is 4.59. The molecule has 0 radical (unpaired) electrons. The van der Waals surface area contributed by atoms with Crippen LogP contribution >= 0.6 is 11.3 Å². The molecule has 1 unspecified atom stereocenters. The summed E-state index contributed by atoms with van der Waals surface area (Å²) in [6.07, 6.45) is 2.43. The molecule has 0 spiro atoms. The average molecular weight is 281 g/mol. The molecule has 1 saturated heterocycles. The summed E-state index contributed by atoms with van der Waals surface area (Å²) in [5.41, 5.74) is 2.60. The van der Waals surface area contributed by atoms with Crippen LogP contribution in [0.25, 0.3) is 0 Å². The van der Waals surface area contributed by atoms with Crippen LogP contribution in [0, 0.1) is 12.8 Å². The average Bonchev–Trinajstić information content (AvgIpc) is 2.82. The second kappa shape index (κ2) is 6.48. The van der Waals surface area contributed by atoms with Crippen LogP contribution in [0.4, 0.5) is 0 Å². The Morgan fingerprint density at radius 2 is 2.42 bits per heavy atom. The first kappa shape index (κ1) is 14.5. The Morgan fingerprint density at radius 3 is 2.95 bits per heavy atom. The van der Waals surface area contributed by atoms with Crippen molar-refractivity contribution in [2.75, 3.05) is 19.6 Å². The molecule has 1 amide bonds. The van der Waals surface area contributed by atoms with Gasteiger partial charge in [0.25, 0.3) is 5.91 Å². The third kappa shape index (κ3) is 3.54. The Labute approximate surface area is 119 Å². The predicted molar refractivity (Wildman–Crippen MR) is 78.6 cm³/mol. The highest BCUT2D eigenvalue weighted by Crippen LogP contribution is 2.20. The maximum absolute atomic E-state index is 12.6. The van der Waals surface area contributed by atoms with Crippen molar-refractivity contribution < 1.29 is 4.79 Å². The lowest BCUT2D eigenvalue weighted by Crippen LogP contribution is -2.44. The number of carbonyl (C=O) groups excluding carboxylic acids is 1. The summed E-state index contributed by atoms with van der Waals surface area (Å²) < 4.78 is 0. The van der Waals surface area contributed by atoms with E-state index in [9.17, 15) is 4.79 Å². The summed E-state index contributed by atoms with van der Waals surface area (Å²) in [4.78, 5) is 19.6. The van der Waals surface area contributed by atoms with E-state index in [1.165, 1.54) is 24.2 Å². The van der Waals surface area contributed by atoms with Crippen molar-refractivity contribution in [3.8, 4) is 0 Å². The van der Waals surface area contributed by atoms with Gasteiger partial charge in [0, 0.05) is 12.6 Å². The third-order valence-electron chi connectivity index (χ3n) is 3.68. The van der Waals surface area contributed by atoms with Gasteiger partial charge in [-0.1, -0.05) is 0 Å². The first-order valence-electron chi connectivity index (χ1n) is 7.01. The smallest absolute Gasteiger partial charge is 0.266 e. The van der Waals surface area contributed by atoms with Crippen molar-refractivity contribution >= 4 is 17.2 Å². The fraction of sp³-hybridized carbons (Fsp3) is 0.714. The number of piperidine rings is 1. The molecule has 2 heterocycles. The van der Waals surface area contributed by atoms with Crippen molar-refractivity contribution in [1.82, 2.24) is 15.2 Å². The summed E-state index contributed by atoms with van der Waals surface area (Å²) in [6, 6.07) is 0.232. The highest BCUT2D eigenvalue weighted by molar-refractivity contribution is 7.11. The quantitative estimate of drug-likeness (QED) is 0.921. The Kier molecular flexibility index (Phi) is 4.93. The van der Waals surface area contributed by atoms with Crippen LogP contribution in [0.15, 0.2) is 5.51 Å². The SMILES string of the molecule is Cc1ncsc1C(=O)N(CC1CCCNC1)C(C)C. The number of carbonyl (C=O) groups is 1. The van der Waals surface area contributed by atoms with E-state index in [4.69, 9.17) is 0 Å².